The molecule has 1 aliphatic heterocycles. The number of methoxy groups -OCH3 is 1. The molecule has 1 fully saturated rings. The third kappa shape index (κ3) is 4.84. The smallest absolute Gasteiger partial charge is 0.301 e. The van der Waals surface area contributed by atoms with Gasteiger partial charge in [-0.3, -0.25) is 14.5 Å². The van der Waals surface area contributed by atoms with Gasteiger partial charge in [-0.2, -0.15) is 0 Å². The minimum absolute atomic E-state index is 0.0368. The van der Waals surface area contributed by atoms with Crippen LogP contribution in [0.3, 0.4) is 0 Å². The van der Waals surface area contributed by atoms with Crippen molar-refractivity contribution in [3.05, 3.63) is 96.1 Å². The molecule has 1 N–H and O–H groups in total. The number of ether oxygens (including phenoxy) is 3. The SMILES string of the molecule is C=CCOc1ccc(C2/C(=C(\O)c3ccccc3)C(=O)C(=O)N2c2nc3ccc(OC)cc3s2)cc1OCC. The minimum atomic E-state index is -0.958. The molecule has 39 heavy (non-hydrogen) atoms. The van der Waals surface area contributed by atoms with Crippen LogP contribution in [-0.4, -0.2) is 42.1 Å². The largest absolute Gasteiger partial charge is 0.507 e. The fraction of sp³-hybridized carbons (Fsp3) is 0.167. The average molecular weight is 543 g/mol. The van der Waals surface area contributed by atoms with Crippen molar-refractivity contribution in [2.75, 3.05) is 25.2 Å². The van der Waals surface area contributed by atoms with Crippen LogP contribution in [0.2, 0.25) is 0 Å². The fourth-order valence-corrected chi connectivity index (χ4v) is 5.47. The fourth-order valence-electron chi connectivity index (χ4n) is 4.45. The summed E-state index contributed by atoms with van der Waals surface area (Å²) in [4.78, 5) is 33.1. The van der Waals surface area contributed by atoms with E-state index in [1.54, 1.807) is 73.8 Å². The summed E-state index contributed by atoms with van der Waals surface area (Å²) in [6.07, 6.45) is 1.63. The number of aliphatic hydroxyl groups excluding tert-OH is 1. The van der Waals surface area contributed by atoms with Crippen molar-refractivity contribution in [1.82, 2.24) is 4.98 Å². The first-order chi connectivity index (χ1) is 19.0. The van der Waals surface area contributed by atoms with Gasteiger partial charge in [0.15, 0.2) is 16.6 Å². The van der Waals surface area contributed by atoms with E-state index in [1.165, 1.54) is 16.2 Å². The number of hydrogen-bond donors (Lipinski definition) is 1. The summed E-state index contributed by atoms with van der Waals surface area (Å²) >= 11 is 1.26. The van der Waals surface area contributed by atoms with Gasteiger partial charge < -0.3 is 19.3 Å². The molecular weight excluding hydrogens is 516 g/mol. The molecule has 0 radical (unpaired) electrons. The van der Waals surface area contributed by atoms with Crippen molar-refractivity contribution in [3.63, 3.8) is 0 Å². The Labute approximate surface area is 229 Å². The highest BCUT2D eigenvalue weighted by Gasteiger charge is 2.48. The zero-order valence-corrected chi connectivity index (χ0v) is 22.2. The third-order valence-electron chi connectivity index (χ3n) is 6.22. The van der Waals surface area contributed by atoms with Crippen molar-refractivity contribution in [2.45, 2.75) is 13.0 Å². The normalized spacial score (nSPS) is 16.5. The van der Waals surface area contributed by atoms with Gasteiger partial charge in [-0.1, -0.05) is 60.4 Å². The number of thiazole rings is 1. The molecule has 3 aromatic carbocycles. The number of benzene rings is 3. The highest BCUT2D eigenvalue weighted by Crippen LogP contribution is 2.46. The summed E-state index contributed by atoms with van der Waals surface area (Å²) in [6.45, 7) is 6.18. The first-order valence-corrected chi connectivity index (χ1v) is 13.1. The maximum Gasteiger partial charge on any atom is 0.301 e. The second kappa shape index (κ2) is 11.0. The standard InChI is InChI=1S/C30H26N2O6S/c1-4-15-38-22-14-11-19(16-23(22)37-5-2)26-25(27(33)18-9-7-6-8-10-18)28(34)29(35)32(26)30-31-21-13-12-20(36-3)17-24(21)39-30/h4,6-14,16-17,26,33H,1,5,15H2,2-3H3/b27-25+. The van der Waals surface area contributed by atoms with Gasteiger partial charge >= 0.3 is 5.91 Å². The lowest BCUT2D eigenvalue weighted by Gasteiger charge is -2.24. The van der Waals surface area contributed by atoms with Crippen LogP contribution in [0.15, 0.2) is 85.0 Å². The lowest BCUT2D eigenvalue weighted by molar-refractivity contribution is -0.132. The molecule has 9 heteroatoms. The molecule has 2 heterocycles. The van der Waals surface area contributed by atoms with Gasteiger partial charge in [-0.05, 0) is 42.8 Å². The molecule has 4 aromatic rings. The maximum atomic E-state index is 13.6. The average Bonchev–Trinajstić information content (AvgIpc) is 3.50. The quantitative estimate of drug-likeness (QED) is 0.122. The van der Waals surface area contributed by atoms with E-state index in [1.807, 2.05) is 13.0 Å². The van der Waals surface area contributed by atoms with E-state index in [4.69, 9.17) is 14.2 Å². The monoisotopic (exact) mass is 542 g/mol. The lowest BCUT2D eigenvalue weighted by Crippen LogP contribution is -2.29. The minimum Gasteiger partial charge on any atom is -0.507 e. The number of aliphatic hydroxyl groups is 1. The second-order valence-electron chi connectivity index (χ2n) is 8.60. The number of Topliss-reactive ketones (excluding diaryl/α,β-unsaturated/α-hetero) is 1. The summed E-state index contributed by atoms with van der Waals surface area (Å²) in [5.41, 5.74) is 1.59. The van der Waals surface area contributed by atoms with Crippen LogP contribution in [0.1, 0.15) is 24.1 Å². The molecule has 8 nitrogen and oxygen atoms in total. The number of carbonyl (C=O) groups excluding carboxylic acids is 2. The van der Waals surface area contributed by atoms with Crippen LogP contribution in [-0.2, 0) is 9.59 Å². The summed E-state index contributed by atoms with van der Waals surface area (Å²) in [6, 6.07) is 18.3. The van der Waals surface area contributed by atoms with Crippen LogP contribution in [0.5, 0.6) is 17.2 Å². The van der Waals surface area contributed by atoms with E-state index in [2.05, 4.69) is 11.6 Å². The number of rotatable bonds is 9. The first kappa shape index (κ1) is 26.0. The van der Waals surface area contributed by atoms with E-state index in [-0.39, 0.29) is 17.9 Å². The van der Waals surface area contributed by atoms with Gasteiger partial charge in [-0.25, -0.2) is 4.98 Å². The second-order valence-corrected chi connectivity index (χ2v) is 9.61. The Morgan fingerprint density at radius 1 is 1.08 bits per heavy atom. The Kier molecular flexibility index (Phi) is 7.33. The zero-order valence-electron chi connectivity index (χ0n) is 21.4. The molecule has 1 aromatic heterocycles. The molecule has 1 saturated heterocycles. The summed E-state index contributed by atoms with van der Waals surface area (Å²) in [7, 11) is 1.57. The molecule has 0 spiro atoms. The van der Waals surface area contributed by atoms with Gasteiger partial charge in [0.05, 0.1) is 35.5 Å². The maximum absolute atomic E-state index is 13.6. The first-order valence-electron chi connectivity index (χ1n) is 12.3. The Hall–Kier alpha value is -4.63. The predicted octanol–water partition coefficient (Wildman–Crippen LogP) is 5.89. The van der Waals surface area contributed by atoms with Crippen molar-refractivity contribution < 1.29 is 28.9 Å². The molecule has 198 valence electrons. The van der Waals surface area contributed by atoms with Crippen LogP contribution >= 0.6 is 11.3 Å². The number of hydrogen-bond acceptors (Lipinski definition) is 8. The summed E-state index contributed by atoms with van der Waals surface area (Å²) < 4.78 is 17.7. The molecule has 0 aliphatic carbocycles. The molecule has 1 aliphatic rings. The summed E-state index contributed by atoms with van der Waals surface area (Å²) in [5.74, 6) is -0.272. The van der Waals surface area contributed by atoms with E-state index in [9.17, 15) is 14.7 Å². The van der Waals surface area contributed by atoms with Gasteiger partial charge in [0.25, 0.3) is 5.78 Å². The molecular formula is C30H26N2O6S. The van der Waals surface area contributed by atoms with E-state index < -0.39 is 17.7 Å². The number of amides is 1. The van der Waals surface area contributed by atoms with Crippen molar-refractivity contribution in [1.29, 1.82) is 0 Å². The van der Waals surface area contributed by atoms with E-state index in [0.717, 1.165) is 4.70 Å². The zero-order chi connectivity index (χ0) is 27.5. The number of anilines is 1. The molecule has 5 rings (SSSR count). The molecule has 1 amide bonds. The van der Waals surface area contributed by atoms with Crippen molar-refractivity contribution in [3.8, 4) is 17.2 Å². The van der Waals surface area contributed by atoms with Gasteiger partial charge in [0, 0.05) is 5.56 Å². The van der Waals surface area contributed by atoms with Gasteiger partial charge in [0.2, 0.25) is 0 Å². The molecule has 0 saturated carbocycles. The Morgan fingerprint density at radius 3 is 2.59 bits per heavy atom. The van der Waals surface area contributed by atoms with Gasteiger partial charge in [-0.15, -0.1) is 0 Å². The highest BCUT2D eigenvalue weighted by atomic mass is 32.1. The van der Waals surface area contributed by atoms with Crippen LogP contribution < -0.4 is 19.1 Å². The summed E-state index contributed by atoms with van der Waals surface area (Å²) in [5, 5.41) is 11.7. The highest BCUT2D eigenvalue weighted by molar-refractivity contribution is 7.22. The predicted molar refractivity (Wildman–Crippen MR) is 151 cm³/mol. The molecule has 0 bridgehead atoms. The van der Waals surface area contributed by atoms with Gasteiger partial charge in [0.1, 0.15) is 18.1 Å². The van der Waals surface area contributed by atoms with Crippen LogP contribution in [0.25, 0.3) is 16.0 Å². The van der Waals surface area contributed by atoms with E-state index in [0.29, 0.717) is 45.6 Å². The topological polar surface area (TPSA) is 98.2 Å². The number of carbonyl (C=O) groups is 2. The van der Waals surface area contributed by atoms with Crippen molar-refractivity contribution >= 4 is 44.1 Å². The Balaban J connectivity index is 1.71. The van der Waals surface area contributed by atoms with E-state index >= 15 is 0 Å². The molecule has 1 atom stereocenters. The van der Waals surface area contributed by atoms with Crippen LogP contribution in [0.4, 0.5) is 5.13 Å². The Bertz CT molecular complexity index is 1590. The number of fused-ring (bicyclic) bond motifs is 1. The van der Waals surface area contributed by atoms with Crippen molar-refractivity contribution in [2.24, 2.45) is 0 Å². The van der Waals surface area contributed by atoms with Crippen LogP contribution in [0, 0.1) is 0 Å². The Morgan fingerprint density at radius 2 is 1.87 bits per heavy atom. The lowest BCUT2D eigenvalue weighted by atomic mass is 9.95. The number of aromatic nitrogens is 1. The third-order valence-corrected chi connectivity index (χ3v) is 7.24. The number of nitrogens with zero attached hydrogens (tertiary/aromatic N) is 2. The molecule has 1 unspecified atom stereocenters. The number of ketones is 1.